The van der Waals surface area contributed by atoms with Gasteiger partial charge in [0.05, 0.1) is 6.42 Å². The van der Waals surface area contributed by atoms with E-state index in [-0.39, 0.29) is 36.6 Å². The number of hydrogen-bond acceptors (Lipinski definition) is 3. The normalized spacial score (nSPS) is 11.0. The molecule has 0 atom stereocenters. The van der Waals surface area contributed by atoms with Gasteiger partial charge in [-0.05, 0) is 40.8 Å². The van der Waals surface area contributed by atoms with E-state index in [9.17, 15) is 14.4 Å². The lowest BCUT2D eigenvalue weighted by Gasteiger charge is -2.19. The highest BCUT2D eigenvalue weighted by molar-refractivity contribution is 5.95. The molecule has 0 heterocycles. The van der Waals surface area contributed by atoms with Crippen LogP contribution in [-0.2, 0) is 21.4 Å². The van der Waals surface area contributed by atoms with Crippen LogP contribution in [0.25, 0.3) is 0 Å². The first kappa shape index (κ1) is 21.2. The Morgan fingerprint density at radius 2 is 1.54 bits per heavy atom. The molecule has 0 aliphatic rings. The first-order valence-electron chi connectivity index (χ1n) is 9.21. The third-order valence-electron chi connectivity index (χ3n) is 4.27. The fourth-order valence-electron chi connectivity index (χ4n) is 2.64. The van der Waals surface area contributed by atoms with Gasteiger partial charge in [-0.25, -0.2) is 0 Å². The van der Waals surface area contributed by atoms with Crippen LogP contribution in [0.1, 0.15) is 48.7 Å². The summed E-state index contributed by atoms with van der Waals surface area (Å²) in [6, 6.07) is 14.4. The lowest BCUT2D eigenvalue weighted by atomic mass is 9.87. The highest BCUT2D eigenvalue weighted by atomic mass is 16.2. The van der Waals surface area contributed by atoms with Crippen molar-refractivity contribution in [3.05, 3.63) is 65.2 Å². The third kappa shape index (κ3) is 6.54. The molecule has 4 N–H and O–H groups in total. The van der Waals surface area contributed by atoms with E-state index in [0.717, 1.165) is 11.1 Å². The third-order valence-corrected chi connectivity index (χ3v) is 4.27. The molecular weight excluding hydrogens is 354 g/mol. The Hall–Kier alpha value is -3.15. The fourth-order valence-corrected chi connectivity index (χ4v) is 2.64. The highest BCUT2D eigenvalue weighted by Crippen LogP contribution is 2.22. The van der Waals surface area contributed by atoms with Gasteiger partial charge in [-0.3, -0.25) is 14.4 Å². The maximum Gasteiger partial charge on any atom is 0.251 e. The van der Waals surface area contributed by atoms with Gasteiger partial charge in [-0.2, -0.15) is 0 Å². The molecule has 3 amide bonds. The smallest absolute Gasteiger partial charge is 0.251 e. The van der Waals surface area contributed by atoms with Crippen molar-refractivity contribution in [3.8, 4) is 0 Å². The first-order valence-corrected chi connectivity index (χ1v) is 9.21. The summed E-state index contributed by atoms with van der Waals surface area (Å²) in [5.41, 5.74) is 8.32. The van der Waals surface area contributed by atoms with Crippen molar-refractivity contribution in [2.45, 2.75) is 39.0 Å². The molecule has 6 heteroatoms. The minimum atomic E-state index is -0.402. The zero-order valence-electron chi connectivity index (χ0n) is 16.5. The van der Waals surface area contributed by atoms with E-state index in [0.29, 0.717) is 11.3 Å². The maximum atomic E-state index is 12.2. The summed E-state index contributed by atoms with van der Waals surface area (Å²) in [6.45, 7) is 6.59. The van der Waals surface area contributed by atoms with Crippen molar-refractivity contribution in [1.82, 2.24) is 5.32 Å². The predicted octanol–water partition coefficient (Wildman–Crippen LogP) is 2.77. The van der Waals surface area contributed by atoms with E-state index >= 15 is 0 Å². The molecule has 2 rings (SSSR count). The second-order valence-corrected chi connectivity index (χ2v) is 7.72. The van der Waals surface area contributed by atoms with Gasteiger partial charge in [0.25, 0.3) is 5.91 Å². The Kier molecular flexibility index (Phi) is 6.93. The molecule has 6 nitrogen and oxygen atoms in total. The Balaban J connectivity index is 1.78. The van der Waals surface area contributed by atoms with E-state index in [1.807, 2.05) is 12.1 Å². The Labute approximate surface area is 165 Å². The van der Waals surface area contributed by atoms with Gasteiger partial charge >= 0.3 is 0 Å². The topological polar surface area (TPSA) is 101 Å². The van der Waals surface area contributed by atoms with Crippen LogP contribution in [0, 0.1) is 0 Å². The molecule has 0 bridgehead atoms. The second-order valence-electron chi connectivity index (χ2n) is 7.72. The van der Waals surface area contributed by atoms with Gasteiger partial charge in [0.2, 0.25) is 11.8 Å². The summed E-state index contributed by atoms with van der Waals surface area (Å²) >= 11 is 0. The van der Waals surface area contributed by atoms with Gasteiger partial charge in [-0.15, -0.1) is 0 Å². The number of hydrogen-bond donors (Lipinski definition) is 3. The van der Waals surface area contributed by atoms with Crippen molar-refractivity contribution in [1.29, 1.82) is 0 Å². The van der Waals surface area contributed by atoms with Gasteiger partial charge in [0, 0.05) is 24.2 Å². The standard InChI is InChI=1S/C22H27N3O3/c1-22(2,3)17-8-6-16(7-9-17)21(28)24-13-12-20(27)25-18-10-4-15(5-11-18)14-19(23)26/h4-11H,12-14H2,1-3H3,(H2,23,26)(H,24,28)(H,25,27). The molecular formula is C22H27N3O3. The Morgan fingerprint density at radius 3 is 2.07 bits per heavy atom. The molecule has 2 aromatic rings. The first-order chi connectivity index (χ1) is 13.1. The van der Waals surface area contributed by atoms with Crippen LogP contribution >= 0.6 is 0 Å². The molecule has 0 spiro atoms. The summed E-state index contributed by atoms with van der Waals surface area (Å²) < 4.78 is 0. The number of anilines is 1. The highest BCUT2D eigenvalue weighted by Gasteiger charge is 2.14. The zero-order valence-corrected chi connectivity index (χ0v) is 16.5. The van der Waals surface area contributed by atoms with Gasteiger partial charge in [0.1, 0.15) is 0 Å². The molecule has 148 valence electrons. The van der Waals surface area contributed by atoms with Crippen LogP contribution < -0.4 is 16.4 Å². The molecule has 0 aliphatic carbocycles. The summed E-state index contributed by atoms with van der Waals surface area (Å²) in [5, 5.41) is 5.51. The average molecular weight is 381 g/mol. The molecule has 0 unspecified atom stereocenters. The number of amides is 3. The number of primary amides is 1. The van der Waals surface area contributed by atoms with Gasteiger partial charge in [-0.1, -0.05) is 45.0 Å². The summed E-state index contributed by atoms with van der Waals surface area (Å²) in [7, 11) is 0. The van der Waals surface area contributed by atoms with Crippen LogP contribution in [0.3, 0.4) is 0 Å². The second kappa shape index (κ2) is 9.17. The van der Waals surface area contributed by atoms with Crippen LogP contribution in [0.2, 0.25) is 0 Å². The van der Waals surface area contributed by atoms with Crippen molar-refractivity contribution >= 4 is 23.4 Å². The molecule has 28 heavy (non-hydrogen) atoms. The molecule has 0 fully saturated rings. The van der Waals surface area contributed by atoms with Gasteiger partial charge in [0.15, 0.2) is 0 Å². The van der Waals surface area contributed by atoms with Crippen molar-refractivity contribution in [3.63, 3.8) is 0 Å². The summed E-state index contributed by atoms with van der Waals surface area (Å²) in [6.07, 6.45) is 0.325. The quantitative estimate of drug-likeness (QED) is 0.687. The average Bonchev–Trinajstić information content (AvgIpc) is 2.62. The predicted molar refractivity (Wildman–Crippen MR) is 110 cm³/mol. The zero-order chi connectivity index (χ0) is 20.7. The monoisotopic (exact) mass is 381 g/mol. The van der Waals surface area contributed by atoms with Crippen LogP contribution in [-0.4, -0.2) is 24.3 Å². The lowest BCUT2D eigenvalue weighted by molar-refractivity contribution is -0.117. The number of benzene rings is 2. The van der Waals surface area contributed by atoms with E-state index in [4.69, 9.17) is 5.73 Å². The fraction of sp³-hybridized carbons (Fsp3) is 0.318. The van der Waals surface area contributed by atoms with Crippen LogP contribution in [0.4, 0.5) is 5.69 Å². The van der Waals surface area contributed by atoms with E-state index in [1.165, 1.54) is 0 Å². The minimum absolute atomic E-state index is 0.0329. The largest absolute Gasteiger partial charge is 0.369 e. The van der Waals surface area contributed by atoms with Crippen molar-refractivity contribution in [2.75, 3.05) is 11.9 Å². The molecule has 0 saturated carbocycles. The van der Waals surface area contributed by atoms with E-state index in [2.05, 4.69) is 31.4 Å². The minimum Gasteiger partial charge on any atom is -0.369 e. The van der Waals surface area contributed by atoms with E-state index in [1.54, 1.807) is 36.4 Å². The number of rotatable bonds is 7. The summed E-state index contributed by atoms with van der Waals surface area (Å²) in [5.74, 6) is -0.810. The number of carbonyl (C=O) groups excluding carboxylic acids is 3. The Bertz CT molecular complexity index is 835. The van der Waals surface area contributed by atoms with Crippen molar-refractivity contribution in [2.24, 2.45) is 5.73 Å². The molecule has 0 aliphatic heterocycles. The molecule has 2 aromatic carbocycles. The molecule has 0 radical (unpaired) electrons. The molecule has 0 aromatic heterocycles. The number of nitrogens with two attached hydrogens (primary N) is 1. The van der Waals surface area contributed by atoms with E-state index < -0.39 is 5.91 Å². The Morgan fingerprint density at radius 1 is 0.929 bits per heavy atom. The number of nitrogens with one attached hydrogen (secondary N) is 2. The van der Waals surface area contributed by atoms with Crippen molar-refractivity contribution < 1.29 is 14.4 Å². The lowest BCUT2D eigenvalue weighted by Crippen LogP contribution is -2.27. The van der Waals surface area contributed by atoms with Gasteiger partial charge < -0.3 is 16.4 Å². The summed E-state index contributed by atoms with van der Waals surface area (Å²) in [4.78, 5) is 35.1. The molecule has 0 saturated heterocycles. The SMILES string of the molecule is CC(C)(C)c1ccc(C(=O)NCCC(=O)Nc2ccc(CC(N)=O)cc2)cc1. The number of carbonyl (C=O) groups is 3. The maximum absolute atomic E-state index is 12.2. The van der Waals surface area contributed by atoms with Crippen LogP contribution in [0.5, 0.6) is 0 Å². The van der Waals surface area contributed by atoms with Crippen LogP contribution in [0.15, 0.2) is 48.5 Å².